The molecule has 0 atom stereocenters. The van der Waals surface area contributed by atoms with E-state index in [2.05, 4.69) is 17.5 Å². The minimum absolute atomic E-state index is 0.329. The largest absolute Gasteiger partial charge is 0.490 e. The second-order valence-electron chi connectivity index (χ2n) is 6.57. The number of benzene rings is 2. The molecule has 2 rings (SSSR count). The van der Waals surface area contributed by atoms with Crippen LogP contribution >= 0.6 is 0 Å². The van der Waals surface area contributed by atoms with Gasteiger partial charge in [0, 0.05) is 5.56 Å². The summed E-state index contributed by atoms with van der Waals surface area (Å²) in [4.78, 5) is 12.9. The number of hydrogen-bond donors (Lipinski definition) is 1. The van der Waals surface area contributed by atoms with E-state index in [4.69, 9.17) is 14.2 Å². The summed E-state index contributed by atoms with van der Waals surface area (Å²) in [5.74, 6) is 1.14. The Morgan fingerprint density at radius 1 is 0.867 bits per heavy atom. The highest BCUT2D eigenvalue weighted by molar-refractivity contribution is 6.02. The molecule has 162 valence electrons. The smallest absolute Gasteiger partial charge is 0.271 e. The van der Waals surface area contributed by atoms with Crippen molar-refractivity contribution in [2.75, 3.05) is 19.8 Å². The molecule has 0 aliphatic rings. The van der Waals surface area contributed by atoms with Crippen molar-refractivity contribution in [3.63, 3.8) is 0 Å². The molecular weight excluding hydrogens is 380 g/mol. The van der Waals surface area contributed by atoms with Crippen LogP contribution in [0.4, 0.5) is 0 Å². The van der Waals surface area contributed by atoms with E-state index in [1.54, 1.807) is 12.1 Å². The molecule has 0 bridgehead atoms. The van der Waals surface area contributed by atoms with Gasteiger partial charge in [0.05, 0.1) is 25.5 Å². The number of hydrogen-bond acceptors (Lipinski definition) is 5. The third kappa shape index (κ3) is 6.51. The summed E-state index contributed by atoms with van der Waals surface area (Å²) in [6.45, 7) is 9.15. The molecule has 0 unspecified atom stereocenters. The number of carbonyl (C=O) groups excluding carboxylic acids is 1. The van der Waals surface area contributed by atoms with Gasteiger partial charge in [-0.15, -0.1) is 0 Å². The number of nitrogens with zero attached hydrogens (tertiary/aromatic N) is 1. The van der Waals surface area contributed by atoms with Crippen LogP contribution in [0, 0.1) is 0 Å². The first-order valence-corrected chi connectivity index (χ1v) is 10.6. The molecular formula is C24H32N2O4. The van der Waals surface area contributed by atoms with Crippen molar-refractivity contribution in [3.8, 4) is 17.2 Å². The van der Waals surface area contributed by atoms with Gasteiger partial charge < -0.3 is 14.2 Å². The fourth-order valence-electron chi connectivity index (χ4n) is 2.94. The molecule has 0 aliphatic carbocycles. The summed E-state index contributed by atoms with van der Waals surface area (Å²) < 4.78 is 17.1. The third-order valence-electron chi connectivity index (χ3n) is 4.34. The van der Waals surface area contributed by atoms with Gasteiger partial charge in [-0.05, 0) is 51.3 Å². The molecule has 1 N–H and O–H groups in total. The number of ether oxygens (including phenoxy) is 3. The van der Waals surface area contributed by atoms with Crippen molar-refractivity contribution >= 4 is 11.6 Å². The van der Waals surface area contributed by atoms with E-state index >= 15 is 0 Å². The highest BCUT2D eigenvalue weighted by atomic mass is 16.5. The van der Waals surface area contributed by atoms with Crippen molar-refractivity contribution < 1.29 is 19.0 Å². The van der Waals surface area contributed by atoms with Crippen LogP contribution < -0.4 is 19.6 Å². The number of amides is 1. The van der Waals surface area contributed by atoms with E-state index in [-0.39, 0.29) is 5.91 Å². The SMILES string of the molecule is CCCCC(=NNC(=O)c1cc(OCC)c(OCC)c(OCC)c1)c1ccccc1. The summed E-state index contributed by atoms with van der Waals surface area (Å²) in [6, 6.07) is 13.2. The van der Waals surface area contributed by atoms with Gasteiger partial charge in [0.2, 0.25) is 5.75 Å². The molecule has 0 spiro atoms. The topological polar surface area (TPSA) is 69.2 Å². The Morgan fingerprint density at radius 2 is 1.47 bits per heavy atom. The van der Waals surface area contributed by atoms with Crippen molar-refractivity contribution in [3.05, 3.63) is 53.6 Å². The van der Waals surface area contributed by atoms with E-state index in [1.807, 2.05) is 51.1 Å². The highest BCUT2D eigenvalue weighted by Crippen LogP contribution is 2.39. The van der Waals surface area contributed by atoms with Crippen LogP contribution in [0.1, 0.15) is 62.9 Å². The molecule has 0 aromatic heterocycles. The Kier molecular flexibility index (Phi) is 9.71. The van der Waals surface area contributed by atoms with Crippen molar-refractivity contribution in [1.82, 2.24) is 5.43 Å². The first-order valence-electron chi connectivity index (χ1n) is 10.6. The summed E-state index contributed by atoms with van der Waals surface area (Å²) in [5.41, 5.74) is 4.95. The van der Waals surface area contributed by atoms with Gasteiger partial charge in [0.15, 0.2) is 11.5 Å². The lowest BCUT2D eigenvalue weighted by molar-refractivity contribution is 0.0953. The van der Waals surface area contributed by atoms with Gasteiger partial charge in [0.1, 0.15) is 0 Å². The van der Waals surface area contributed by atoms with Crippen LogP contribution in [0.15, 0.2) is 47.6 Å². The standard InChI is InChI=1S/C24H32N2O4/c1-5-9-15-20(18-13-11-10-12-14-18)25-26-24(27)19-16-21(28-6-2)23(30-8-4)22(17-19)29-7-3/h10-14,16-17H,5-9,15H2,1-4H3,(H,26,27). The Hall–Kier alpha value is -3.02. The third-order valence-corrected chi connectivity index (χ3v) is 4.34. The molecule has 0 saturated carbocycles. The summed E-state index contributed by atoms with van der Waals surface area (Å²) in [5, 5.41) is 4.42. The molecule has 2 aromatic rings. The number of unbranched alkanes of at least 4 members (excludes halogenated alkanes) is 1. The molecule has 0 saturated heterocycles. The molecule has 0 radical (unpaired) electrons. The van der Waals surface area contributed by atoms with Crippen LogP contribution in [0.25, 0.3) is 0 Å². The zero-order chi connectivity index (χ0) is 21.8. The first kappa shape index (κ1) is 23.3. The summed E-state index contributed by atoms with van der Waals surface area (Å²) >= 11 is 0. The molecule has 30 heavy (non-hydrogen) atoms. The molecule has 2 aromatic carbocycles. The maximum Gasteiger partial charge on any atom is 0.271 e. The van der Waals surface area contributed by atoms with Crippen LogP contribution in [0.5, 0.6) is 17.2 Å². The first-order chi connectivity index (χ1) is 14.6. The summed E-state index contributed by atoms with van der Waals surface area (Å²) in [6.07, 6.45) is 2.84. The minimum Gasteiger partial charge on any atom is -0.490 e. The average molecular weight is 413 g/mol. The predicted octanol–water partition coefficient (Wildman–Crippen LogP) is 5.21. The second kappa shape index (κ2) is 12.5. The Bertz CT molecular complexity index is 807. The molecule has 0 aliphatic heterocycles. The van der Waals surface area contributed by atoms with E-state index in [0.717, 1.165) is 30.5 Å². The highest BCUT2D eigenvalue weighted by Gasteiger charge is 2.18. The zero-order valence-electron chi connectivity index (χ0n) is 18.4. The number of rotatable bonds is 12. The lowest BCUT2D eigenvalue weighted by Crippen LogP contribution is -2.20. The minimum atomic E-state index is -0.329. The Labute approximate surface area is 179 Å². The number of carbonyl (C=O) groups is 1. The second-order valence-corrected chi connectivity index (χ2v) is 6.57. The van der Waals surface area contributed by atoms with Crippen molar-refractivity contribution in [2.45, 2.75) is 47.0 Å². The van der Waals surface area contributed by atoms with Gasteiger partial charge >= 0.3 is 0 Å². The van der Waals surface area contributed by atoms with E-state index in [9.17, 15) is 4.79 Å². The van der Waals surface area contributed by atoms with Gasteiger partial charge in [-0.1, -0.05) is 43.7 Å². The molecule has 6 heteroatoms. The Balaban J connectivity index is 2.32. The molecule has 0 heterocycles. The summed E-state index contributed by atoms with van der Waals surface area (Å²) in [7, 11) is 0. The van der Waals surface area contributed by atoms with E-state index in [1.165, 1.54) is 0 Å². The fraction of sp³-hybridized carbons (Fsp3) is 0.417. The average Bonchev–Trinajstić information content (AvgIpc) is 2.76. The van der Waals surface area contributed by atoms with Crippen LogP contribution in [-0.4, -0.2) is 31.4 Å². The van der Waals surface area contributed by atoms with Gasteiger partial charge in [-0.25, -0.2) is 5.43 Å². The van der Waals surface area contributed by atoms with Crippen LogP contribution in [0.3, 0.4) is 0 Å². The van der Waals surface area contributed by atoms with E-state index < -0.39 is 0 Å². The zero-order valence-corrected chi connectivity index (χ0v) is 18.4. The molecule has 1 amide bonds. The van der Waals surface area contributed by atoms with Gasteiger partial charge in [0.25, 0.3) is 5.91 Å². The maximum atomic E-state index is 12.9. The quantitative estimate of drug-likeness (QED) is 0.384. The lowest BCUT2D eigenvalue weighted by Gasteiger charge is -2.16. The predicted molar refractivity (Wildman–Crippen MR) is 120 cm³/mol. The monoisotopic (exact) mass is 412 g/mol. The van der Waals surface area contributed by atoms with Crippen LogP contribution in [-0.2, 0) is 0 Å². The van der Waals surface area contributed by atoms with Crippen molar-refractivity contribution in [2.24, 2.45) is 5.10 Å². The normalized spacial score (nSPS) is 11.1. The van der Waals surface area contributed by atoms with Gasteiger partial charge in [-0.2, -0.15) is 5.10 Å². The Morgan fingerprint density at radius 3 is 2.00 bits per heavy atom. The number of hydrazone groups is 1. The molecule has 6 nitrogen and oxygen atoms in total. The van der Waals surface area contributed by atoms with Gasteiger partial charge in [-0.3, -0.25) is 4.79 Å². The van der Waals surface area contributed by atoms with E-state index in [0.29, 0.717) is 42.6 Å². The van der Waals surface area contributed by atoms with Crippen molar-refractivity contribution in [1.29, 1.82) is 0 Å². The number of nitrogens with one attached hydrogen (secondary N) is 1. The van der Waals surface area contributed by atoms with Crippen LogP contribution in [0.2, 0.25) is 0 Å². The molecule has 0 fully saturated rings. The fourth-order valence-corrected chi connectivity index (χ4v) is 2.94. The lowest BCUT2D eigenvalue weighted by atomic mass is 10.1. The maximum absolute atomic E-state index is 12.9.